The molecule has 10 unspecified atom stereocenters. The molecule has 1 aromatic heterocycles. The van der Waals surface area contributed by atoms with Gasteiger partial charge in [0.15, 0.2) is 18.8 Å². The summed E-state index contributed by atoms with van der Waals surface area (Å²) in [5.74, 6) is -0.977. The van der Waals surface area contributed by atoms with Crippen molar-refractivity contribution in [2.75, 3.05) is 6.61 Å². The smallest absolute Gasteiger partial charge is 0.330 e. The maximum Gasteiger partial charge on any atom is 0.330 e. The quantitative estimate of drug-likeness (QED) is 0.0491. The third-order valence-electron chi connectivity index (χ3n) is 12.8. The van der Waals surface area contributed by atoms with E-state index in [4.69, 9.17) is 18.9 Å². The average Bonchev–Trinajstić information content (AvgIpc) is 3.57. The second-order valence-corrected chi connectivity index (χ2v) is 18.0. The summed E-state index contributed by atoms with van der Waals surface area (Å²) in [4.78, 5) is 52.7. The fourth-order valence-corrected chi connectivity index (χ4v) is 8.82. The molecule has 20 heteroatoms. The van der Waals surface area contributed by atoms with Crippen LogP contribution in [0.2, 0.25) is 0 Å². The molecule has 0 aromatic carbocycles. The molecule has 20 nitrogen and oxygen atoms in total. The summed E-state index contributed by atoms with van der Waals surface area (Å²) >= 11 is 0. The molecule has 4 rings (SSSR count). The van der Waals surface area contributed by atoms with Gasteiger partial charge >= 0.3 is 5.69 Å². The van der Waals surface area contributed by atoms with Gasteiger partial charge in [-0.25, -0.2) is 4.79 Å². The predicted octanol–water partition coefficient (Wildman–Crippen LogP) is 0.621. The third kappa shape index (κ3) is 16.4. The van der Waals surface area contributed by atoms with E-state index >= 15 is 0 Å². The van der Waals surface area contributed by atoms with Gasteiger partial charge in [0.05, 0.1) is 18.8 Å². The van der Waals surface area contributed by atoms with E-state index in [1.54, 1.807) is 0 Å². The molecule has 0 radical (unpaired) electrons. The highest BCUT2D eigenvalue weighted by atomic mass is 16.8. The van der Waals surface area contributed by atoms with Gasteiger partial charge in [0.25, 0.3) is 5.56 Å². The molecule has 65 heavy (non-hydrogen) atoms. The summed E-state index contributed by atoms with van der Waals surface area (Å²) in [5.41, 5.74) is -1.67. The maximum atomic E-state index is 13.4. The zero-order valence-electron chi connectivity index (χ0n) is 38.2. The number of rotatable bonds is 29. The molecule has 11 N–H and O–H groups in total. The van der Waals surface area contributed by atoms with Crippen LogP contribution in [0.15, 0.2) is 21.9 Å². The molecule has 2 amide bonds. The highest BCUT2D eigenvalue weighted by Crippen LogP contribution is 2.34. The zero-order chi connectivity index (χ0) is 47.5. The van der Waals surface area contributed by atoms with Crippen molar-refractivity contribution < 1.29 is 69.4 Å². The number of aromatic nitrogens is 2. The molecule has 3 aliphatic rings. The molecule has 3 aliphatic heterocycles. The van der Waals surface area contributed by atoms with E-state index in [0.717, 1.165) is 81.0 Å². The number of aliphatic hydroxyl groups is 8. The van der Waals surface area contributed by atoms with Crippen molar-refractivity contribution in [2.45, 2.75) is 241 Å². The first kappa shape index (κ1) is 54.7. The lowest BCUT2D eigenvalue weighted by molar-refractivity contribution is -0.347. The van der Waals surface area contributed by atoms with E-state index in [1.165, 1.54) is 38.5 Å². The van der Waals surface area contributed by atoms with E-state index in [2.05, 4.69) is 24.5 Å². The van der Waals surface area contributed by atoms with Crippen molar-refractivity contribution in [1.82, 2.24) is 20.2 Å². The van der Waals surface area contributed by atoms with Gasteiger partial charge in [-0.2, -0.15) is 0 Å². The van der Waals surface area contributed by atoms with Crippen LogP contribution in [0.3, 0.4) is 0 Å². The number of unbranched alkanes of at least 4 members (excludes halogenated alkanes) is 16. The molecule has 0 saturated carbocycles. The molecule has 374 valence electrons. The minimum Gasteiger partial charge on any atom is -0.394 e. The van der Waals surface area contributed by atoms with E-state index in [-0.39, 0.29) is 12.8 Å². The lowest BCUT2D eigenvalue weighted by atomic mass is 9.91. The molecule has 1 aromatic rings. The van der Waals surface area contributed by atoms with Crippen LogP contribution in [-0.2, 0) is 28.5 Å². The van der Waals surface area contributed by atoms with Crippen LogP contribution in [0.4, 0.5) is 0 Å². The fraction of sp³-hybridized carbons (Fsp3) is 0.867. The Balaban J connectivity index is 1.48. The number of nitrogens with one attached hydrogen (secondary N) is 3. The molecule has 3 fully saturated rings. The number of ether oxygens (including phenoxy) is 4. The number of hydrogen-bond donors (Lipinski definition) is 11. The third-order valence-corrected chi connectivity index (χ3v) is 12.8. The Labute approximate surface area is 381 Å². The van der Waals surface area contributed by atoms with Gasteiger partial charge < -0.3 is 70.4 Å². The van der Waals surface area contributed by atoms with Gasteiger partial charge in [0.1, 0.15) is 60.9 Å². The van der Waals surface area contributed by atoms with E-state index in [0.29, 0.717) is 12.8 Å². The molecule has 0 spiro atoms. The standard InChI is InChI=1S/C45H78N4O16/c1-3-5-7-9-11-13-15-17-19-21-30(52)46-33-37(57)35(55)28(25-27(51)41-39(59)40(60)42(64-41)49-24-23-32(54)48-45(49)61)62-43(33)65-44-34(38(58)36(56)29(26-50)63-44)47-31(53)22-20-18-16-14-12-10-8-6-4-2/h23-24,27-29,33-44,50-51,55-60H,3-22,25-26H2,1-2H3,(H,46,52)(H,47,53)(H,48,54,61)/t27-,28?,29?,33?,34?,35?,36?,37?,38?,39+,40-,41-,42-,43?,44?/m1/s1. The second-order valence-electron chi connectivity index (χ2n) is 18.0. The Morgan fingerprint density at radius 1 is 0.646 bits per heavy atom. The van der Waals surface area contributed by atoms with Gasteiger partial charge in [0.2, 0.25) is 11.8 Å². The predicted molar refractivity (Wildman–Crippen MR) is 235 cm³/mol. The molecule has 0 bridgehead atoms. The molecule has 0 aliphatic carbocycles. The lowest BCUT2D eigenvalue weighted by Gasteiger charge is -2.47. The fourth-order valence-electron chi connectivity index (χ4n) is 8.82. The van der Waals surface area contributed by atoms with Crippen molar-refractivity contribution in [3.8, 4) is 0 Å². The van der Waals surface area contributed by atoms with Crippen molar-refractivity contribution in [3.05, 3.63) is 33.1 Å². The molecular weight excluding hydrogens is 853 g/mol. The van der Waals surface area contributed by atoms with Crippen LogP contribution in [0.1, 0.15) is 155 Å². The number of aliphatic hydroxyl groups excluding tert-OH is 8. The number of carbonyl (C=O) groups is 2. The Kier molecular flexibility index (Phi) is 24.0. The number of carbonyl (C=O) groups excluding carboxylic acids is 2. The molecule has 4 heterocycles. The summed E-state index contributed by atoms with van der Waals surface area (Å²) in [6, 6.07) is -1.93. The summed E-state index contributed by atoms with van der Waals surface area (Å²) in [7, 11) is 0. The van der Waals surface area contributed by atoms with Crippen LogP contribution in [-0.4, -0.2) is 155 Å². The first-order valence-corrected chi connectivity index (χ1v) is 24.1. The van der Waals surface area contributed by atoms with Gasteiger partial charge in [-0.05, 0) is 12.8 Å². The van der Waals surface area contributed by atoms with Crippen molar-refractivity contribution in [3.63, 3.8) is 0 Å². The topological polar surface area (TPSA) is 312 Å². The summed E-state index contributed by atoms with van der Waals surface area (Å²) in [6.45, 7) is 3.56. The Bertz CT molecular complexity index is 1650. The van der Waals surface area contributed by atoms with Crippen LogP contribution < -0.4 is 21.9 Å². The minimum atomic E-state index is -1.82. The van der Waals surface area contributed by atoms with Crippen LogP contribution >= 0.6 is 0 Å². The number of H-pyrrole nitrogens is 1. The van der Waals surface area contributed by atoms with Gasteiger partial charge in [-0.15, -0.1) is 0 Å². The second kappa shape index (κ2) is 28.5. The largest absolute Gasteiger partial charge is 0.394 e. The number of amides is 2. The monoisotopic (exact) mass is 931 g/mol. The summed E-state index contributed by atoms with van der Waals surface area (Å²) in [6.07, 6.45) is -2.66. The summed E-state index contributed by atoms with van der Waals surface area (Å²) in [5, 5.41) is 93.4. The van der Waals surface area contributed by atoms with Crippen LogP contribution in [0.5, 0.6) is 0 Å². The maximum absolute atomic E-state index is 13.4. The van der Waals surface area contributed by atoms with E-state index in [1.807, 2.05) is 4.98 Å². The Hall–Kier alpha value is -2.86. The Morgan fingerprint density at radius 2 is 1.09 bits per heavy atom. The summed E-state index contributed by atoms with van der Waals surface area (Å²) < 4.78 is 24.7. The first-order valence-electron chi connectivity index (χ1n) is 24.1. The van der Waals surface area contributed by atoms with Crippen molar-refractivity contribution in [1.29, 1.82) is 0 Å². The van der Waals surface area contributed by atoms with E-state index < -0.39 is 128 Å². The number of aromatic amines is 1. The Morgan fingerprint density at radius 3 is 1.55 bits per heavy atom. The van der Waals surface area contributed by atoms with Crippen LogP contribution in [0.25, 0.3) is 0 Å². The molecular formula is C45H78N4O16. The lowest BCUT2D eigenvalue weighted by Crippen LogP contribution is -2.69. The van der Waals surface area contributed by atoms with Crippen molar-refractivity contribution >= 4 is 11.8 Å². The van der Waals surface area contributed by atoms with Gasteiger partial charge in [0, 0.05) is 31.5 Å². The highest BCUT2D eigenvalue weighted by molar-refractivity contribution is 5.76. The van der Waals surface area contributed by atoms with Gasteiger partial charge in [-0.1, -0.05) is 117 Å². The average molecular weight is 931 g/mol. The number of hydrogen-bond acceptors (Lipinski definition) is 16. The SMILES string of the molecule is CCCCCCCCCCCC(=O)NC1C(OC2OC(C[C@@H](O)[C@H]3O[C@@H](n4ccc(=O)[nH]c4=O)[C@H](O)[C@@H]3O)C(O)C(O)C2NC(=O)CCCCCCCCCCC)OC(CO)C(O)C1O. The molecule has 15 atom stereocenters. The molecule has 3 saturated heterocycles. The van der Waals surface area contributed by atoms with E-state index in [9.17, 15) is 60.0 Å². The van der Waals surface area contributed by atoms with Crippen LogP contribution in [0, 0.1) is 0 Å². The highest BCUT2D eigenvalue weighted by Gasteiger charge is 2.53. The normalized spacial score (nSPS) is 32.0. The minimum absolute atomic E-state index is 0.0672. The van der Waals surface area contributed by atoms with Gasteiger partial charge in [-0.3, -0.25) is 23.9 Å². The first-order chi connectivity index (χ1) is 31.2. The van der Waals surface area contributed by atoms with Crippen molar-refractivity contribution in [2.24, 2.45) is 0 Å². The zero-order valence-corrected chi connectivity index (χ0v) is 38.2. The number of nitrogens with zero attached hydrogens (tertiary/aromatic N) is 1.